The van der Waals surface area contributed by atoms with Gasteiger partial charge in [-0.05, 0) is 65.5 Å². The minimum absolute atomic E-state index is 1.18. The van der Waals surface area contributed by atoms with Crippen LogP contribution in [0.15, 0.2) is 0 Å². The van der Waals surface area contributed by atoms with Crippen molar-refractivity contribution in [1.82, 2.24) is 15.1 Å². The van der Waals surface area contributed by atoms with Gasteiger partial charge in [-0.2, -0.15) is 0 Å². The molecule has 0 aliphatic carbocycles. The van der Waals surface area contributed by atoms with Crippen LogP contribution in [0.5, 0.6) is 0 Å². The van der Waals surface area contributed by atoms with Crippen molar-refractivity contribution < 1.29 is 0 Å². The Balaban J connectivity index is 1.91. The van der Waals surface area contributed by atoms with Crippen molar-refractivity contribution in [2.24, 2.45) is 0 Å². The van der Waals surface area contributed by atoms with Gasteiger partial charge in [0.05, 0.1) is 0 Å². The van der Waals surface area contributed by atoms with Gasteiger partial charge < -0.3 is 15.1 Å². The maximum absolute atomic E-state index is 3.47. The molecule has 1 fully saturated rings. The lowest BCUT2D eigenvalue weighted by molar-refractivity contribution is 0.270. The van der Waals surface area contributed by atoms with Crippen molar-refractivity contribution in [2.45, 2.75) is 39.0 Å². The molecule has 1 rings (SSSR count). The number of unbranched alkanes of at least 4 members (excludes halogenated alkanes) is 2. The minimum Gasteiger partial charge on any atom is -0.317 e. The van der Waals surface area contributed by atoms with Crippen LogP contribution in [0.3, 0.4) is 0 Å². The third-order valence-corrected chi connectivity index (χ3v) is 3.57. The second-order valence-corrected chi connectivity index (χ2v) is 5.31. The second kappa shape index (κ2) is 9.86. The summed E-state index contributed by atoms with van der Waals surface area (Å²) >= 11 is 0. The molecule has 0 unspecified atom stereocenters. The Morgan fingerprint density at radius 2 is 1.82 bits per heavy atom. The van der Waals surface area contributed by atoms with E-state index in [-0.39, 0.29) is 0 Å². The summed E-state index contributed by atoms with van der Waals surface area (Å²) in [5, 5.41) is 3.47. The van der Waals surface area contributed by atoms with E-state index in [1.165, 1.54) is 77.9 Å². The summed E-state index contributed by atoms with van der Waals surface area (Å²) in [6.07, 6.45) is 6.68. The Kier molecular flexibility index (Phi) is 8.67. The Morgan fingerprint density at radius 1 is 0.941 bits per heavy atom. The molecule has 1 N–H and O–H groups in total. The fourth-order valence-corrected chi connectivity index (χ4v) is 2.39. The molecule has 3 nitrogen and oxygen atoms in total. The average Bonchev–Trinajstić information content (AvgIpc) is 2.53. The van der Waals surface area contributed by atoms with Crippen molar-refractivity contribution in [3.8, 4) is 0 Å². The maximum Gasteiger partial charge on any atom is 0.0109 e. The van der Waals surface area contributed by atoms with Crippen LogP contribution in [0.2, 0.25) is 0 Å². The van der Waals surface area contributed by atoms with Crippen LogP contribution in [0, 0.1) is 0 Å². The molecule has 1 saturated heterocycles. The lowest BCUT2D eigenvalue weighted by atomic mass is 10.2. The number of nitrogens with zero attached hydrogens (tertiary/aromatic N) is 2. The quantitative estimate of drug-likeness (QED) is 0.654. The van der Waals surface area contributed by atoms with Gasteiger partial charge in [-0.3, -0.25) is 0 Å². The molecule has 17 heavy (non-hydrogen) atoms. The third kappa shape index (κ3) is 7.74. The van der Waals surface area contributed by atoms with Crippen LogP contribution < -0.4 is 5.32 Å². The Labute approximate surface area is 108 Å². The zero-order valence-electron chi connectivity index (χ0n) is 11.9. The zero-order chi connectivity index (χ0) is 12.3. The van der Waals surface area contributed by atoms with Crippen LogP contribution >= 0.6 is 0 Å². The second-order valence-electron chi connectivity index (χ2n) is 5.31. The van der Waals surface area contributed by atoms with E-state index in [9.17, 15) is 0 Å². The van der Waals surface area contributed by atoms with Crippen molar-refractivity contribution in [3.05, 3.63) is 0 Å². The first-order valence-corrected chi connectivity index (χ1v) is 7.44. The predicted molar refractivity (Wildman–Crippen MR) is 75.6 cm³/mol. The van der Waals surface area contributed by atoms with Crippen molar-refractivity contribution in [3.63, 3.8) is 0 Å². The SMILES string of the molecule is CCCNCCCCCN1CCCN(C)CC1. The number of nitrogens with one attached hydrogen (secondary N) is 1. The Hall–Kier alpha value is -0.120. The Morgan fingerprint density at radius 3 is 2.65 bits per heavy atom. The lowest BCUT2D eigenvalue weighted by Gasteiger charge is -2.19. The van der Waals surface area contributed by atoms with Gasteiger partial charge in [-0.25, -0.2) is 0 Å². The van der Waals surface area contributed by atoms with Crippen molar-refractivity contribution in [1.29, 1.82) is 0 Å². The first-order chi connectivity index (χ1) is 8.33. The molecule has 0 radical (unpaired) electrons. The predicted octanol–water partition coefficient (Wildman–Crippen LogP) is 1.79. The van der Waals surface area contributed by atoms with Gasteiger partial charge in [0.1, 0.15) is 0 Å². The highest BCUT2D eigenvalue weighted by Crippen LogP contribution is 2.04. The van der Waals surface area contributed by atoms with Crippen LogP contribution in [0.1, 0.15) is 39.0 Å². The standard InChI is InChI=1S/C14H31N3/c1-3-8-15-9-5-4-6-11-17-12-7-10-16(2)13-14-17/h15H,3-14H2,1-2H3. The molecule has 0 aromatic rings. The zero-order valence-corrected chi connectivity index (χ0v) is 11.9. The third-order valence-electron chi connectivity index (χ3n) is 3.57. The molecule has 3 heteroatoms. The van der Waals surface area contributed by atoms with E-state index in [0.29, 0.717) is 0 Å². The van der Waals surface area contributed by atoms with E-state index >= 15 is 0 Å². The summed E-state index contributed by atoms with van der Waals surface area (Å²) in [5.74, 6) is 0. The van der Waals surface area contributed by atoms with E-state index in [2.05, 4.69) is 29.1 Å². The summed E-state index contributed by atoms with van der Waals surface area (Å²) in [6.45, 7) is 11.0. The van der Waals surface area contributed by atoms with Gasteiger partial charge in [0.15, 0.2) is 0 Å². The molecular formula is C14H31N3. The van der Waals surface area contributed by atoms with Crippen LogP contribution in [-0.4, -0.2) is 62.7 Å². The van der Waals surface area contributed by atoms with Gasteiger partial charge >= 0.3 is 0 Å². The molecule has 0 spiro atoms. The van der Waals surface area contributed by atoms with Gasteiger partial charge in [-0.1, -0.05) is 13.3 Å². The average molecular weight is 241 g/mol. The monoisotopic (exact) mass is 241 g/mol. The molecule has 1 aliphatic rings. The van der Waals surface area contributed by atoms with Crippen molar-refractivity contribution in [2.75, 3.05) is 52.9 Å². The van der Waals surface area contributed by atoms with E-state index < -0.39 is 0 Å². The van der Waals surface area contributed by atoms with E-state index in [1.54, 1.807) is 0 Å². The first-order valence-electron chi connectivity index (χ1n) is 7.44. The van der Waals surface area contributed by atoms with Crippen LogP contribution in [0.25, 0.3) is 0 Å². The summed E-state index contributed by atoms with van der Waals surface area (Å²) < 4.78 is 0. The molecule has 102 valence electrons. The molecule has 0 amide bonds. The van der Waals surface area contributed by atoms with Gasteiger partial charge in [0.25, 0.3) is 0 Å². The lowest BCUT2D eigenvalue weighted by Crippen LogP contribution is -2.29. The van der Waals surface area contributed by atoms with Gasteiger partial charge in [0.2, 0.25) is 0 Å². The molecule has 0 saturated carbocycles. The van der Waals surface area contributed by atoms with Crippen LogP contribution in [-0.2, 0) is 0 Å². The molecular weight excluding hydrogens is 210 g/mol. The largest absolute Gasteiger partial charge is 0.317 e. The van der Waals surface area contributed by atoms with Gasteiger partial charge in [0, 0.05) is 13.1 Å². The van der Waals surface area contributed by atoms with E-state index in [1.807, 2.05) is 0 Å². The van der Waals surface area contributed by atoms with Crippen LogP contribution in [0.4, 0.5) is 0 Å². The number of likely N-dealkylation sites (N-methyl/N-ethyl adjacent to an activating group) is 1. The highest BCUT2D eigenvalue weighted by Gasteiger charge is 2.10. The molecule has 0 bridgehead atoms. The van der Waals surface area contributed by atoms with Crippen molar-refractivity contribution >= 4 is 0 Å². The summed E-state index contributed by atoms with van der Waals surface area (Å²) in [6, 6.07) is 0. The minimum atomic E-state index is 1.18. The molecule has 1 heterocycles. The molecule has 0 aromatic heterocycles. The first kappa shape index (κ1) is 14.9. The maximum atomic E-state index is 3.47. The molecule has 1 aliphatic heterocycles. The summed E-state index contributed by atoms with van der Waals surface area (Å²) in [7, 11) is 2.24. The fourth-order valence-electron chi connectivity index (χ4n) is 2.39. The normalized spacial score (nSPS) is 19.4. The molecule has 0 atom stereocenters. The smallest absolute Gasteiger partial charge is 0.0109 e. The fraction of sp³-hybridized carbons (Fsp3) is 1.00. The molecule has 0 aromatic carbocycles. The highest BCUT2D eigenvalue weighted by molar-refractivity contribution is 4.67. The number of hydrogen-bond donors (Lipinski definition) is 1. The topological polar surface area (TPSA) is 18.5 Å². The van der Waals surface area contributed by atoms with E-state index in [4.69, 9.17) is 0 Å². The van der Waals surface area contributed by atoms with E-state index in [0.717, 1.165) is 0 Å². The summed E-state index contributed by atoms with van der Waals surface area (Å²) in [5.41, 5.74) is 0. The Bertz CT molecular complexity index is 173. The number of hydrogen-bond acceptors (Lipinski definition) is 3. The summed E-state index contributed by atoms with van der Waals surface area (Å²) in [4.78, 5) is 5.09. The number of rotatable bonds is 8. The van der Waals surface area contributed by atoms with Gasteiger partial charge in [-0.15, -0.1) is 0 Å². The highest BCUT2D eigenvalue weighted by atomic mass is 15.2.